The van der Waals surface area contributed by atoms with Crippen LogP contribution >= 0.6 is 11.6 Å². The predicted octanol–water partition coefficient (Wildman–Crippen LogP) is 1.15. The topological polar surface area (TPSA) is 89.8 Å². The Morgan fingerprint density at radius 3 is 2.83 bits per heavy atom. The Kier molecular flexibility index (Phi) is 3.48. The first kappa shape index (κ1) is 12.8. The van der Waals surface area contributed by atoms with Gasteiger partial charge in [-0.3, -0.25) is 9.71 Å². The van der Waals surface area contributed by atoms with Crippen LogP contribution in [-0.2, 0) is 16.6 Å². The number of hydrogen-bond donors (Lipinski definition) is 1. The van der Waals surface area contributed by atoms with Crippen LogP contribution in [0.15, 0.2) is 29.9 Å². The number of sulfonamides is 1. The number of halogens is 1. The van der Waals surface area contributed by atoms with E-state index in [1.165, 1.54) is 24.9 Å². The zero-order valence-corrected chi connectivity index (χ0v) is 11.0. The van der Waals surface area contributed by atoms with E-state index in [-0.39, 0.29) is 16.0 Å². The summed E-state index contributed by atoms with van der Waals surface area (Å²) in [4.78, 5) is 11.3. The maximum Gasteiger partial charge on any atom is 0.282 e. The molecule has 0 bridgehead atoms. The van der Waals surface area contributed by atoms with E-state index in [1.54, 1.807) is 4.57 Å². The van der Waals surface area contributed by atoms with E-state index in [4.69, 9.17) is 11.6 Å². The number of rotatable bonds is 4. The van der Waals surface area contributed by atoms with Crippen molar-refractivity contribution < 1.29 is 8.42 Å². The molecule has 0 fully saturated rings. The molecule has 9 heteroatoms. The molecule has 0 unspecified atom stereocenters. The third kappa shape index (κ3) is 2.77. The van der Waals surface area contributed by atoms with Gasteiger partial charge in [-0.2, -0.15) is 8.42 Å². The van der Waals surface area contributed by atoms with E-state index in [0.717, 1.165) is 0 Å². The predicted molar refractivity (Wildman–Crippen MR) is 65.8 cm³/mol. The summed E-state index contributed by atoms with van der Waals surface area (Å²) >= 11 is 5.62. The second kappa shape index (κ2) is 4.91. The Bertz CT molecular complexity index is 654. The first-order chi connectivity index (χ1) is 8.51. The van der Waals surface area contributed by atoms with Crippen LogP contribution < -0.4 is 4.72 Å². The fraction of sp³-hybridized carbons (Fsp3) is 0.222. The SMILES string of the molecule is CCn1cnc(S(=O)(=O)Nc2cncc(Cl)n2)c1. The van der Waals surface area contributed by atoms with Gasteiger partial charge < -0.3 is 4.57 Å². The molecule has 2 rings (SSSR count). The molecule has 0 saturated heterocycles. The van der Waals surface area contributed by atoms with Gasteiger partial charge in [-0.15, -0.1) is 0 Å². The molecule has 0 radical (unpaired) electrons. The molecule has 0 amide bonds. The highest BCUT2D eigenvalue weighted by Crippen LogP contribution is 2.13. The van der Waals surface area contributed by atoms with Crippen molar-refractivity contribution in [3.05, 3.63) is 30.1 Å². The van der Waals surface area contributed by atoms with E-state index in [9.17, 15) is 8.42 Å². The molecule has 1 N–H and O–H groups in total. The van der Waals surface area contributed by atoms with Gasteiger partial charge in [-0.05, 0) is 6.92 Å². The van der Waals surface area contributed by atoms with Crippen LogP contribution in [-0.4, -0.2) is 27.9 Å². The van der Waals surface area contributed by atoms with Crippen molar-refractivity contribution >= 4 is 27.4 Å². The molecule has 0 aliphatic rings. The average Bonchev–Trinajstić information content (AvgIpc) is 2.77. The molecule has 2 heterocycles. The van der Waals surface area contributed by atoms with Crippen molar-refractivity contribution in [1.82, 2.24) is 19.5 Å². The molecule has 96 valence electrons. The quantitative estimate of drug-likeness (QED) is 0.911. The lowest BCUT2D eigenvalue weighted by molar-refractivity contribution is 0.597. The van der Waals surface area contributed by atoms with Crippen LogP contribution in [0.2, 0.25) is 5.15 Å². The second-order valence-electron chi connectivity index (χ2n) is 3.37. The number of imidazole rings is 1. The van der Waals surface area contributed by atoms with Gasteiger partial charge in [-0.1, -0.05) is 11.6 Å². The van der Waals surface area contributed by atoms with E-state index in [0.29, 0.717) is 6.54 Å². The molecule has 0 aliphatic heterocycles. The summed E-state index contributed by atoms with van der Waals surface area (Å²) in [6.45, 7) is 2.52. The van der Waals surface area contributed by atoms with Crippen molar-refractivity contribution in [3.63, 3.8) is 0 Å². The first-order valence-corrected chi connectivity index (χ1v) is 6.89. The van der Waals surface area contributed by atoms with E-state index < -0.39 is 10.0 Å². The molecule has 2 aromatic heterocycles. The van der Waals surface area contributed by atoms with Crippen molar-refractivity contribution in [3.8, 4) is 0 Å². The zero-order chi connectivity index (χ0) is 13.2. The maximum absolute atomic E-state index is 11.9. The Morgan fingerprint density at radius 2 is 2.22 bits per heavy atom. The molecule has 0 spiro atoms. The van der Waals surface area contributed by atoms with E-state index >= 15 is 0 Å². The summed E-state index contributed by atoms with van der Waals surface area (Å²) in [5.41, 5.74) is 0. The number of aryl methyl sites for hydroxylation is 1. The van der Waals surface area contributed by atoms with Gasteiger partial charge in [0.15, 0.2) is 10.8 Å². The summed E-state index contributed by atoms with van der Waals surface area (Å²) in [6, 6.07) is 0. The van der Waals surface area contributed by atoms with Crippen LogP contribution in [0.4, 0.5) is 5.82 Å². The van der Waals surface area contributed by atoms with Crippen LogP contribution in [0.25, 0.3) is 0 Å². The average molecular weight is 288 g/mol. The van der Waals surface area contributed by atoms with Gasteiger partial charge in [0.1, 0.15) is 5.15 Å². The minimum Gasteiger partial charge on any atom is -0.336 e. The Hall–Kier alpha value is -1.67. The highest BCUT2D eigenvalue weighted by Gasteiger charge is 2.18. The number of nitrogens with one attached hydrogen (secondary N) is 1. The lowest BCUT2D eigenvalue weighted by Crippen LogP contribution is -2.14. The van der Waals surface area contributed by atoms with E-state index in [1.807, 2.05) is 6.92 Å². The highest BCUT2D eigenvalue weighted by molar-refractivity contribution is 7.92. The lowest BCUT2D eigenvalue weighted by Gasteiger charge is -2.04. The van der Waals surface area contributed by atoms with Gasteiger partial charge in [0.05, 0.1) is 18.7 Å². The smallest absolute Gasteiger partial charge is 0.282 e. The molecule has 0 atom stereocenters. The van der Waals surface area contributed by atoms with Gasteiger partial charge >= 0.3 is 0 Å². The molecule has 18 heavy (non-hydrogen) atoms. The Labute approximate surface area is 109 Å². The van der Waals surface area contributed by atoms with Crippen LogP contribution in [0, 0.1) is 0 Å². The van der Waals surface area contributed by atoms with Crippen molar-refractivity contribution in [1.29, 1.82) is 0 Å². The van der Waals surface area contributed by atoms with Crippen LogP contribution in [0.5, 0.6) is 0 Å². The van der Waals surface area contributed by atoms with Crippen LogP contribution in [0.3, 0.4) is 0 Å². The summed E-state index contributed by atoms with van der Waals surface area (Å²) in [5, 5.41) is 0.0282. The molecule has 0 aliphatic carbocycles. The summed E-state index contributed by atoms with van der Waals surface area (Å²) in [5.74, 6) is 0.0496. The van der Waals surface area contributed by atoms with Gasteiger partial charge in [-0.25, -0.2) is 9.97 Å². The largest absolute Gasteiger partial charge is 0.336 e. The zero-order valence-electron chi connectivity index (χ0n) is 9.41. The van der Waals surface area contributed by atoms with Gasteiger partial charge in [0.2, 0.25) is 0 Å². The monoisotopic (exact) mass is 287 g/mol. The Balaban J connectivity index is 2.27. The number of aromatic nitrogens is 4. The molecule has 0 aromatic carbocycles. The molecule has 2 aromatic rings. The fourth-order valence-electron chi connectivity index (χ4n) is 1.23. The number of anilines is 1. The maximum atomic E-state index is 11.9. The molecular formula is C9H10ClN5O2S. The lowest BCUT2D eigenvalue weighted by atomic mass is 10.7. The minimum atomic E-state index is -3.76. The summed E-state index contributed by atoms with van der Waals surface area (Å²) in [7, 11) is -3.76. The third-order valence-corrected chi connectivity index (χ3v) is 3.52. The van der Waals surface area contributed by atoms with Gasteiger partial charge in [0.25, 0.3) is 10.0 Å². The molecule has 0 saturated carbocycles. The van der Waals surface area contributed by atoms with E-state index in [2.05, 4.69) is 19.7 Å². The first-order valence-electron chi connectivity index (χ1n) is 5.03. The highest BCUT2D eigenvalue weighted by atomic mass is 35.5. The second-order valence-corrected chi connectivity index (χ2v) is 5.39. The minimum absolute atomic E-state index is 0.0496. The number of hydrogen-bond acceptors (Lipinski definition) is 5. The van der Waals surface area contributed by atoms with Crippen molar-refractivity contribution in [2.24, 2.45) is 0 Å². The van der Waals surface area contributed by atoms with Crippen molar-refractivity contribution in [2.75, 3.05) is 4.72 Å². The standard InChI is InChI=1S/C9H10ClN5O2S/c1-2-15-5-9(12-6-15)18(16,17)14-8-4-11-3-7(10)13-8/h3-6H,2H2,1H3,(H,13,14). The fourth-order valence-corrected chi connectivity index (χ4v) is 2.32. The summed E-state index contributed by atoms with van der Waals surface area (Å²) < 4.78 is 27.8. The molecular weight excluding hydrogens is 278 g/mol. The molecule has 7 nitrogen and oxygen atoms in total. The third-order valence-electron chi connectivity index (χ3n) is 2.09. The Morgan fingerprint density at radius 1 is 1.44 bits per heavy atom. The normalized spacial score (nSPS) is 11.4. The van der Waals surface area contributed by atoms with Crippen LogP contribution in [0.1, 0.15) is 6.92 Å². The van der Waals surface area contributed by atoms with Crippen molar-refractivity contribution in [2.45, 2.75) is 18.5 Å². The summed E-state index contributed by atoms with van der Waals surface area (Å²) in [6.07, 6.45) is 5.45. The van der Waals surface area contributed by atoms with Gasteiger partial charge in [0, 0.05) is 12.7 Å². The number of nitrogens with zero attached hydrogens (tertiary/aromatic N) is 4.